The Kier molecular flexibility index (Phi) is 6.62. The van der Waals surface area contributed by atoms with E-state index in [2.05, 4.69) is 48.0 Å². The van der Waals surface area contributed by atoms with E-state index in [1.807, 2.05) is 12.3 Å². The first-order valence-electron chi connectivity index (χ1n) is 9.98. The van der Waals surface area contributed by atoms with Crippen molar-refractivity contribution < 1.29 is 14.2 Å². The Morgan fingerprint density at radius 1 is 1.18 bits per heavy atom. The molecule has 1 saturated heterocycles. The van der Waals surface area contributed by atoms with Crippen molar-refractivity contribution in [1.29, 1.82) is 0 Å². The van der Waals surface area contributed by atoms with Crippen LogP contribution in [0.5, 0.6) is 11.5 Å². The van der Waals surface area contributed by atoms with Crippen LogP contribution in [0.2, 0.25) is 0 Å². The second-order valence-electron chi connectivity index (χ2n) is 8.51. The molecule has 3 rings (SSSR count). The first-order chi connectivity index (χ1) is 13.4. The number of aromatic nitrogens is 2. The van der Waals surface area contributed by atoms with Crippen molar-refractivity contribution >= 4 is 0 Å². The standard InChI is InChI=1S/C22H33N3O3/c1-22(2,3)21-17(12-23-24-21)14-25(15-18-7-6-10-28-18)13-16-8-9-19(26-4)20(11-16)27-5/h8-9,11-12,18H,6-7,10,13-15H2,1-5H3,(H,23,24)/t18-/m0/s1. The second-order valence-corrected chi connectivity index (χ2v) is 8.51. The monoisotopic (exact) mass is 387 g/mol. The van der Waals surface area contributed by atoms with Crippen LogP contribution in [0.4, 0.5) is 0 Å². The molecule has 1 N–H and O–H groups in total. The van der Waals surface area contributed by atoms with Crippen molar-refractivity contribution in [2.45, 2.75) is 58.2 Å². The molecule has 0 unspecified atom stereocenters. The van der Waals surface area contributed by atoms with Crippen LogP contribution < -0.4 is 9.47 Å². The zero-order valence-electron chi connectivity index (χ0n) is 17.7. The predicted octanol–water partition coefficient (Wildman–Crippen LogP) is 3.91. The number of methoxy groups -OCH3 is 2. The van der Waals surface area contributed by atoms with Crippen LogP contribution in [0.3, 0.4) is 0 Å². The van der Waals surface area contributed by atoms with Crippen LogP contribution in [0.1, 0.15) is 50.4 Å². The molecule has 1 atom stereocenters. The van der Waals surface area contributed by atoms with Crippen molar-refractivity contribution in [2.24, 2.45) is 0 Å². The number of rotatable bonds is 8. The Hall–Kier alpha value is -2.05. The quantitative estimate of drug-likeness (QED) is 0.744. The van der Waals surface area contributed by atoms with Crippen LogP contribution >= 0.6 is 0 Å². The molecule has 0 amide bonds. The van der Waals surface area contributed by atoms with Crippen LogP contribution in [0, 0.1) is 0 Å². The lowest BCUT2D eigenvalue weighted by Crippen LogP contribution is -2.32. The third kappa shape index (κ3) is 5.06. The number of nitrogens with one attached hydrogen (secondary N) is 1. The van der Waals surface area contributed by atoms with Gasteiger partial charge in [-0.3, -0.25) is 10.00 Å². The fourth-order valence-corrected chi connectivity index (χ4v) is 3.82. The van der Waals surface area contributed by atoms with E-state index in [0.29, 0.717) is 6.10 Å². The maximum absolute atomic E-state index is 5.91. The summed E-state index contributed by atoms with van der Waals surface area (Å²) in [4.78, 5) is 2.44. The average molecular weight is 388 g/mol. The largest absolute Gasteiger partial charge is 0.493 e. The van der Waals surface area contributed by atoms with Crippen molar-refractivity contribution in [3.8, 4) is 11.5 Å². The Balaban J connectivity index is 1.80. The third-order valence-corrected chi connectivity index (χ3v) is 5.20. The topological polar surface area (TPSA) is 59.6 Å². The highest BCUT2D eigenvalue weighted by Crippen LogP contribution is 2.29. The number of ether oxygens (including phenoxy) is 3. The van der Waals surface area contributed by atoms with Gasteiger partial charge in [0, 0.05) is 42.9 Å². The van der Waals surface area contributed by atoms with Crippen LogP contribution in [0.25, 0.3) is 0 Å². The van der Waals surface area contributed by atoms with Gasteiger partial charge in [0.05, 0.1) is 26.5 Å². The molecule has 6 heteroatoms. The average Bonchev–Trinajstić information content (AvgIpc) is 3.33. The molecule has 1 aromatic heterocycles. The number of H-pyrrole nitrogens is 1. The highest BCUT2D eigenvalue weighted by molar-refractivity contribution is 5.42. The number of nitrogens with zero attached hydrogens (tertiary/aromatic N) is 2. The van der Waals surface area contributed by atoms with Crippen molar-refractivity contribution in [2.75, 3.05) is 27.4 Å². The maximum Gasteiger partial charge on any atom is 0.161 e. The van der Waals surface area contributed by atoms with Crippen molar-refractivity contribution in [1.82, 2.24) is 15.1 Å². The highest BCUT2D eigenvalue weighted by Gasteiger charge is 2.24. The molecule has 2 aromatic rings. The summed E-state index contributed by atoms with van der Waals surface area (Å²) < 4.78 is 16.8. The molecule has 0 saturated carbocycles. The summed E-state index contributed by atoms with van der Waals surface area (Å²) in [7, 11) is 3.33. The van der Waals surface area contributed by atoms with Gasteiger partial charge in [0.25, 0.3) is 0 Å². The molecule has 1 aliphatic heterocycles. The van der Waals surface area contributed by atoms with E-state index in [0.717, 1.165) is 50.6 Å². The molecule has 6 nitrogen and oxygen atoms in total. The van der Waals surface area contributed by atoms with E-state index in [-0.39, 0.29) is 5.41 Å². The van der Waals surface area contributed by atoms with Crippen molar-refractivity contribution in [3.05, 3.63) is 41.2 Å². The molecular formula is C22H33N3O3. The molecule has 2 heterocycles. The Morgan fingerprint density at radius 2 is 1.96 bits per heavy atom. The summed E-state index contributed by atoms with van der Waals surface area (Å²) in [6.45, 7) is 10.1. The van der Waals surface area contributed by atoms with Crippen molar-refractivity contribution in [3.63, 3.8) is 0 Å². The normalized spacial score (nSPS) is 17.3. The Bertz CT molecular complexity index is 761. The van der Waals surface area contributed by atoms with Gasteiger partial charge in [-0.25, -0.2) is 0 Å². The zero-order valence-corrected chi connectivity index (χ0v) is 17.7. The zero-order chi connectivity index (χ0) is 20.1. The summed E-state index contributed by atoms with van der Waals surface area (Å²) in [6, 6.07) is 6.13. The number of benzene rings is 1. The molecule has 0 radical (unpaired) electrons. The lowest BCUT2D eigenvalue weighted by Gasteiger charge is -2.27. The maximum atomic E-state index is 5.91. The molecule has 1 aromatic carbocycles. The molecule has 154 valence electrons. The highest BCUT2D eigenvalue weighted by atomic mass is 16.5. The number of hydrogen-bond acceptors (Lipinski definition) is 5. The molecule has 0 bridgehead atoms. The lowest BCUT2D eigenvalue weighted by molar-refractivity contribution is 0.0677. The lowest BCUT2D eigenvalue weighted by atomic mass is 9.89. The van der Waals surface area contributed by atoms with Gasteiger partial charge >= 0.3 is 0 Å². The summed E-state index contributed by atoms with van der Waals surface area (Å²) in [5.74, 6) is 1.51. The minimum absolute atomic E-state index is 0.0324. The Labute approximate surface area is 168 Å². The minimum Gasteiger partial charge on any atom is -0.493 e. The molecule has 1 fully saturated rings. The van der Waals surface area contributed by atoms with Crippen LogP contribution in [-0.2, 0) is 23.2 Å². The smallest absolute Gasteiger partial charge is 0.161 e. The van der Waals surface area contributed by atoms with E-state index in [1.54, 1.807) is 14.2 Å². The fourth-order valence-electron chi connectivity index (χ4n) is 3.82. The second kappa shape index (κ2) is 8.97. The molecule has 28 heavy (non-hydrogen) atoms. The van der Waals surface area contributed by atoms with E-state index >= 15 is 0 Å². The predicted molar refractivity (Wildman–Crippen MR) is 110 cm³/mol. The molecule has 0 aliphatic carbocycles. The third-order valence-electron chi connectivity index (χ3n) is 5.20. The van der Waals surface area contributed by atoms with Gasteiger partial charge in [-0.2, -0.15) is 5.10 Å². The van der Waals surface area contributed by atoms with Gasteiger partial charge < -0.3 is 14.2 Å². The number of hydrogen-bond donors (Lipinski definition) is 1. The molecular weight excluding hydrogens is 354 g/mol. The van der Waals surface area contributed by atoms with Crippen LogP contribution in [-0.4, -0.2) is 48.6 Å². The molecule has 0 spiro atoms. The van der Waals surface area contributed by atoms with Gasteiger partial charge in [-0.05, 0) is 30.5 Å². The Morgan fingerprint density at radius 3 is 2.61 bits per heavy atom. The van der Waals surface area contributed by atoms with Gasteiger partial charge in [0.2, 0.25) is 0 Å². The summed E-state index contributed by atoms with van der Waals surface area (Å²) in [5.41, 5.74) is 3.66. The minimum atomic E-state index is 0.0324. The number of aromatic amines is 1. The SMILES string of the molecule is COc1ccc(CN(Cc2cn[nH]c2C(C)(C)C)C[C@@H]2CCCO2)cc1OC. The van der Waals surface area contributed by atoms with E-state index in [4.69, 9.17) is 14.2 Å². The fraction of sp³-hybridized carbons (Fsp3) is 0.591. The van der Waals surface area contributed by atoms with Gasteiger partial charge in [-0.15, -0.1) is 0 Å². The van der Waals surface area contributed by atoms with Crippen LogP contribution in [0.15, 0.2) is 24.4 Å². The molecule has 1 aliphatic rings. The summed E-state index contributed by atoms with van der Waals surface area (Å²) in [5, 5.41) is 7.51. The van der Waals surface area contributed by atoms with Gasteiger partial charge in [-0.1, -0.05) is 26.8 Å². The first kappa shape index (κ1) is 20.7. The summed E-state index contributed by atoms with van der Waals surface area (Å²) >= 11 is 0. The first-order valence-corrected chi connectivity index (χ1v) is 9.98. The van der Waals surface area contributed by atoms with Gasteiger partial charge in [0.1, 0.15) is 0 Å². The van der Waals surface area contributed by atoms with E-state index in [9.17, 15) is 0 Å². The summed E-state index contributed by atoms with van der Waals surface area (Å²) in [6.07, 6.45) is 4.52. The van der Waals surface area contributed by atoms with Gasteiger partial charge in [0.15, 0.2) is 11.5 Å². The van der Waals surface area contributed by atoms with E-state index < -0.39 is 0 Å². The van der Waals surface area contributed by atoms with E-state index in [1.165, 1.54) is 16.8 Å².